The lowest BCUT2D eigenvalue weighted by Crippen LogP contribution is -1.96. The molecular formula is C27H20N2. The highest BCUT2D eigenvalue weighted by Gasteiger charge is 2.11. The first-order valence-electron chi connectivity index (χ1n) is 9.77. The number of rotatable bonds is 3. The molecule has 5 aromatic rings. The van der Waals surface area contributed by atoms with Gasteiger partial charge in [-0.1, -0.05) is 90.5 Å². The van der Waals surface area contributed by atoms with Crippen LogP contribution in [0.4, 0.5) is 0 Å². The lowest BCUT2D eigenvalue weighted by molar-refractivity contribution is 1.18. The molecule has 0 aliphatic heterocycles. The van der Waals surface area contributed by atoms with Crippen molar-refractivity contribution in [2.75, 3.05) is 0 Å². The van der Waals surface area contributed by atoms with Crippen molar-refractivity contribution in [3.05, 3.63) is 109 Å². The van der Waals surface area contributed by atoms with Crippen molar-refractivity contribution in [3.63, 3.8) is 0 Å². The third-order valence-corrected chi connectivity index (χ3v) is 5.12. The van der Waals surface area contributed by atoms with Gasteiger partial charge in [0.15, 0.2) is 5.82 Å². The van der Waals surface area contributed by atoms with Crippen LogP contribution in [0.3, 0.4) is 0 Å². The molecule has 0 radical (unpaired) electrons. The minimum absolute atomic E-state index is 0.748. The molecule has 0 saturated carbocycles. The zero-order valence-electron chi connectivity index (χ0n) is 16.2. The van der Waals surface area contributed by atoms with Gasteiger partial charge in [0.25, 0.3) is 0 Å². The first-order chi connectivity index (χ1) is 14.3. The molecule has 0 amide bonds. The predicted molar refractivity (Wildman–Crippen MR) is 121 cm³/mol. The fourth-order valence-corrected chi connectivity index (χ4v) is 3.61. The van der Waals surface area contributed by atoms with Crippen molar-refractivity contribution in [1.29, 1.82) is 0 Å². The molecule has 2 heteroatoms. The number of benzene rings is 4. The van der Waals surface area contributed by atoms with E-state index in [9.17, 15) is 0 Å². The SMILES string of the molecule is Cc1cccc(-c2nc(-c3ccccc3)cc(-c3ccc4ccccc4c3)n2)c1. The second-order valence-electron chi connectivity index (χ2n) is 7.26. The quantitative estimate of drug-likeness (QED) is 0.343. The molecule has 0 N–H and O–H groups in total. The minimum Gasteiger partial charge on any atom is -0.228 e. The monoisotopic (exact) mass is 372 g/mol. The Bertz CT molecular complexity index is 1310. The second kappa shape index (κ2) is 7.33. The Labute approximate surface area is 170 Å². The lowest BCUT2D eigenvalue weighted by Gasteiger charge is -2.10. The molecule has 29 heavy (non-hydrogen) atoms. The number of fused-ring (bicyclic) bond motifs is 1. The Morgan fingerprint density at radius 3 is 1.97 bits per heavy atom. The van der Waals surface area contributed by atoms with Gasteiger partial charge in [0.1, 0.15) is 0 Å². The number of aromatic nitrogens is 2. The van der Waals surface area contributed by atoms with Crippen LogP contribution in [0.5, 0.6) is 0 Å². The van der Waals surface area contributed by atoms with Crippen LogP contribution >= 0.6 is 0 Å². The van der Waals surface area contributed by atoms with E-state index in [2.05, 4.69) is 91.9 Å². The highest BCUT2D eigenvalue weighted by atomic mass is 14.9. The molecular weight excluding hydrogens is 352 g/mol. The molecule has 0 bridgehead atoms. The summed E-state index contributed by atoms with van der Waals surface area (Å²) < 4.78 is 0. The van der Waals surface area contributed by atoms with E-state index >= 15 is 0 Å². The summed E-state index contributed by atoms with van der Waals surface area (Å²) in [5, 5.41) is 2.44. The van der Waals surface area contributed by atoms with Crippen molar-refractivity contribution >= 4 is 10.8 Å². The maximum Gasteiger partial charge on any atom is 0.160 e. The number of nitrogens with zero attached hydrogens (tertiary/aromatic N) is 2. The summed E-state index contributed by atoms with van der Waals surface area (Å²) in [6, 6.07) is 35.6. The highest BCUT2D eigenvalue weighted by Crippen LogP contribution is 2.29. The van der Waals surface area contributed by atoms with E-state index in [-0.39, 0.29) is 0 Å². The van der Waals surface area contributed by atoms with E-state index in [1.807, 2.05) is 18.2 Å². The van der Waals surface area contributed by atoms with E-state index in [1.165, 1.54) is 16.3 Å². The van der Waals surface area contributed by atoms with Crippen LogP contribution in [-0.4, -0.2) is 9.97 Å². The first kappa shape index (κ1) is 17.3. The van der Waals surface area contributed by atoms with Gasteiger partial charge in [-0.25, -0.2) is 9.97 Å². The van der Waals surface area contributed by atoms with Gasteiger partial charge in [0, 0.05) is 16.7 Å². The summed E-state index contributed by atoms with van der Waals surface area (Å²) in [6.45, 7) is 2.09. The Balaban J connectivity index is 1.72. The molecule has 1 aromatic heterocycles. The standard InChI is InChI=1S/C27H20N2/c1-19-8-7-13-24(16-19)27-28-25(21-10-3-2-4-11-21)18-26(29-27)23-15-14-20-9-5-6-12-22(20)17-23/h2-18H,1H3. The summed E-state index contributed by atoms with van der Waals surface area (Å²) in [4.78, 5) is 9.83. The molecule has 0 spiro atoms. The van der Waals surface area contributed by atoms with Gasteiger partial charge in [-0.15, -0.1) is 0 Å². The molecule has 2 nitrogen and oxygen atoms in total. The summed E-state index contributed by atoms with van der Waals surface area (Å²) in [5.41, 5.74) is 6.28. The molecule has 0 saturated heterocycles. The maximum atomic E-state index is 4.94. The molecule has 0 aliphatic carbocycles. The molecule has 4 aromatic carbocycles. The molecule has 0 aliphatic rings. The van der Waals surface area contributed by atoms with Crippen molar-refractivity contribution in [1.82, 2.24) is 9.97 Å². The van der Waals surface area contributed by atoms with E-state index in [0.717, 1.165) is 33.9 Å². The Kier molecular flexibility index (Phi) is 4.38. The van der Waals surface area contributed by atoms with Gasteiger partial charge in [0.2, 0.25) is 0 Å². The van der Waals surface area contributed by atoms with Crippen LogP contribution in [0.1, 0.15) is 5.56 Å². The maximum absolute atomic E-state index is 4.94. The van der Waals surface area contributed by atoms with E-state index < -0.39 is 0 Å². The smallest absolute Gasteiger partial charge is 0.160 e. The number of aryl methyl sites for hydroxylation is 1. The van der Waals surface area contributed by atoms with Crippen molar-refractivity contribution in [2.45, 2.75) is 6.92 Å². The summed E-state index contributed by atoms with van der Waals surface area (Å²) in [5.74, 6) is 0.748. The van der Waals surface area contributed by atoms with Crippen LogP contribution < -0.4 is 0 Å². The van der Waals surface area contributed by atoms with Crippen LogP contribution in [0.2, 0.25) is 0 Å². The van der Waals surface area contributed by atoms with Gasteiger partial charge in [-0.2, -0.15) is 0 Å². The summed E-state index contributed by atoms with van der Waals surface area (Å²) in [6.07, 6.45) is 0. The summed E-state index contributed by atoms with van der Waals surface area (Å²) >= 11 is 0. The van der Waals surface area contributed by atoms with Gasteiger partial charge < -0.3 is 0 Å². The van der Waals surface area contributed by atoms with E-state index in [1.54, 1.807) is 0 Å². The van der Waals surface area contributed by atoms with Crippen molar-refractivity contribution < 1.29 is 0 Å². The molecule has 138 valence electrons. The molecule has 1 heterocycles. The van der Waals surface area contributed by atoms with Gasteiger partial charge in [-0.3, -0.25) is 0 Å². The normalized spacial score (nSPS) is 10.9. The number of hydrogen-bond acceptors (Lipinski definition) is 2. The minimum atomic E-state index is 0.748. The molecule has 0 unspecified atom stereocenters. The van der Waals surface area contributed by atoms with Crippen molar-refractivity contribution in [3.8, 4) is 33.9 Å². The largest absolute Gasteiger partial charge is 0.228 e. The zero-order chi connectivity index (χ0) is 19.6. The average molecular weight is 372 g/mol. The molecule has 5 rings (SSSR count). The van der Waals surface area contributed by atoms with Crippen LogP contribution in [0.15, 0.2) is 103 Å². The van der Waals surface area contributed by atoms with Gasteiger partial charge in [0.05, 0.1) is 11.4 Å². The fraction of sp³-hybridized carbons (Fsp3) is 0.0370. The van der Waals surface area contributed by atoms with Gasteiger partial charge in [-0.05, 0) is 35.9 Å². The topological polar surface area (TPSA) is 25.8 Å². The predicted octanol–water partition coefficient (Wildman–Crippen LogP) is 6.94. The summed E-state index contributed by atoms with van der Waals surface area (Å²) in [7, 11) is 0. The van der Waals surface area contributed by atoms with Crippen LogP contribution in [-0.2, 0) is 0 Å². The third kappa shape index (κ3) is 3.53. The Morgan fingerprint density at radius 1 is 0.483 bits per heavy atom. The van der Waals surface area contributed by atoms with Crippen molar-refractivity contribution in [2.24, 2.45) is 0 Å². The highest BCUT2D eigenvalue weighted by molar-refractivity contribution is 5.87. The first-order valence-corrected chi connectivity index (χ1v) is 9.77. The molecule has 0 atom stereocenters. The Morgan fingerprint density at radius 2 is 1.17 bits per heavy atom. The lowest BCUT2D eigenvalue weighted by atomic mass is 10.0. The Hall–Kier alpha value is -3.78. The van der Waals surface area contributed by atoms with Gasteiger partial charge >= 0.3 is 0 Å². The van der Waals surface area contributed by atoms with Crippen LogP contribution in [0, 0.1) is 6.92 Å². The second-order valence-corrected chi connectivity index (χ2v) is 7.26. The fourth-order valence-electron chi connectivity index (χ4n) is 3.61. The number of hydrogen-bond donors (Lipinski definition) is 0. The molecule has 0 fully saturated rings. The van der Waals surface area contributed by atoms with E-state index in [0.29, 0.717) is 0 Å². The van der Waals surface area contributed by atoms with Crippen LogP contribution in [0.25, 0.3) is 44.7 Å². The third-order valence-electron chi connectivity index (χ3n) is 5.12. The van der Waals surface area contributed by atoms with E-state index in [4.69, 9.17) is 9.97 Å². The zero-order valence-corrected chi connectivity index (χ0v) is 16.2. The average Bonchev–Trinajstić information content (AvgIpc) is 2.79.